The quantitative estimate of drug-likeness (QED) is 0.785. The van der Waals surface area contributed by atoms with E-state index in [1.54, 1.807) is 7.11 Å². The van der Waals surface area contributed by atoms with Gasteiger partial charge >= 0.3 is 6.01 Å². The maximum atomic E-state index is 5.75. The van der Waals surface area contributed by atoms with Crippen molar-refractivity contribution in [3.8, 4) is 6.01 Å². The van der Waals surface area contributed by atoms with Crippen molar-refractivity contribution in [2.24, 2.45) is 11.7 Å². The van der Waals surface area contributed by atoms with Crippen LogP contribution in [0.1, 0.15) is 26.6 Å². The van der Waals surface area contributed by atoms with E-state index < -0.39 is 0 Å². The van der Waals surface area contributed by atoms with Crippen LogP contribution in [-0.4, -0.2) is 27.9 Å². The lowest BCUT2D eigenvalue weighted by atomic mass is 10.2. The predicted octanol–water partition coefficient (Wildman–Crippen LogP) is 0.832. The molecule has 0 aromatic carbocycles. The van der Waals surface area contributed by atoms with Crippen LogP contribution in [0.15, 0.2) is 0 Å². The molecule has 1 atom stereocenters. The minimum Gasteiger partial charge on any atom is -0.467 e. The second-order valence-electron chi connectivity index (χ2n) is 4.29. The number of aromatic nitrogens is 3. The van der Waals surface area contributed by atoms with Gasteiger partial charge in [0.05, 0.1) is 7.11 Å². The SMILES string of the molecule is COc1nnc(CC(C)N)n1CC(C)C. The molecule has 1 aromatic rings. The molecule has 1 rings (SSSR count). The van der Waals surface area contributed by atoms with Crippen LogP contribution < -0.4 is 10.5 Å². The van der Waals surface area contributed by atoms with Crippen molar-refractivity contribution in [1.29, 1.82) is 0 Å². The standard InChI is InChI=1S/C10H20N4O/c1-7(2)6-14-9(5-8(3)11)12-13-10(14)15-4/h7-8H,5-6,11H2,1-4H3. The van der Waals surface area contributed by atoms with Gasteiger partial charge in [-0.25, -0.2) is 0 Å². The molecule has 0 radical (unpaired) electrons. The Balaban J connectivity index is 2.89. The van der Waals surface area contributed by atoms with Crippen LogP contribution in [0, 0.1) is 5.92 Å². The lowest BCUT2D eigenvalue weighted by Gasteiger charge is -2.12. The summed E-state index contributed by atoms with van der Waals surface area (Å²) in [5.41, 5.74) is 5.75. The predicted molar refractivity (Wildman–Crippen MR) is 58.8 cm³/mol. The lowest BCUT2D eigenvalue weighted by molar-refractivity contribution is 0.340. The Bertz CT molecular complexity index is 306. The number of methoxy groups -OCH3 is 1. The number of hydrogen-bond donors (Lipinski definition) is 1. The summed E-state index contributed by atoms with van der Waals surface area (Å²) >= 11 is 0. The second kappa shape index (κ2) is 5.11. The van der Waals surface area contributed by atoms with E-state index in [0.29, 0.717) is 11.9 Å². The van der Waals surface area contributed by atoms with Gasteiger partial charge in [0.25, 0.3) is 0 Å². The molecule has 1 heterocycles. The van der Waals surface area contributed by atoms with E-state index in [2.05, 4.69) is 24.0 Å². The van der Waals surface area contributed by atoms with E-state index in [0.717, 1.165) is 18.8 Å². The molecular weight excluding hydrogens is 192 g/mol. The molecular formula is C10H20N4O. The Kier molecular flexibility index (Phi) is 4.08. The first-order valence-electron chi connectivity index (χ1n) is 5.26. The lowest BCUT2D eigenvalue weighted by Crippen LogP contribution is -2.21. The summed E-state index contributed by atoms with van der Waals surface area (Å²) in [5, 5.41) is 8.06. The van der Waals surface area contributed by atoms with E-state index in [1.165, 1.54) is 0 Å². The van der Waals surface area contributed by atoms with Crippen LogP contribution >= 0.6 is 0 Å². The van der Waals surface area contributed by atoms with Gasteiger partial charge in [0, 0.05) is 19.0 Å². The fourth-order valence-corrected chi connectivity index (χ4v) is 1.46. The van der Waals surface area contributed by atoms with Crippen LogP contribution in [0.2, 0.25) is 0 Å². The molecule has 86 valence electrons. The third kappa shape index (κ3) is 3.20. The molecule has 0 saturated heterocycles. The van der Waals surface area contributed by atoms with Crippen molar-refractivity contribution in [2.75, 3.05) is 7.11 Å². The monoisotopic (exact) mass is 212 g/mol. The number of nitrogens with two attached hydrogens (primary N) is 1. The Hall–Kier alpha value is -1.10. The average Bonchev–Trinajstić information content (AvgIpc) is 2.47. The Labute approximate surface area is 90.6 Å². The van der Waals surface area contributed by atoms with Crippen LogP contribution in [-0.2, 0) is 13.0 Å². The van der Waals surface area contributed by atoms with Gasteiger partial charge in [0.1, 0.15) is 5.82 Å². The fraction of sp³-hybridized carbons (Fsp3) is 0.800. The van der Waals surface area contributed by atoms with Gasteiger partial charge in [0.15, 0.2) is 0 Å². The van der Waals surface area contributed by atoms with E-state index in [1.807, 2.05) is 11.5 Å². The fourth-order valence-electron chi connectivity index (χ4n) is 1.46. The normalized spacial score (nSPS) is 13.2. The van der Waals surface area contributed by atoms with Gasteiger partial charge in [0.2, 0.25) is 0 Å². The summed E-state index contributed by atoms with van der Waals surface area (Å²) < 4.78 is 7.15. The number of nitrogens with zero attached hydrogens (tertiary/aromatic N) is 3. The summed E-state index contributed by atoms with van der Waals surface area (Å²) in [7, 11) is 1.61. The van der Waals surface area contributed by atoms with Gasteiger partial charge in [-0.1, -0.05) is 18.9 Å². The zero-order valence-corrected chi connectivity index (χ0v) is 9.90. The maximum absolute atomic E-state index is 5.75. The largest absolute Gasteiger partial charge is 0.467 e. The Morgan fingerprint density at radius 2 is 2.00 bits per heavy atom. The third-order valence-corrected chi connectivity index (χ3v) is 2.03. The summed E-state index contributed by atoms with van der Waals surface area (Å²) in [6.07, 6.45) is 0.725. The first-order valence-corrected chi connectivity index (χ1v) is 5.26. The van der Waals surface area contributed by atoms with Crippen LogP contribution in [0.5, 0.6) is 6.01 Å². The molecule has 0 bridgehead atoms. The Morgan fingerprint density at radius 3 is 2.47 bits per heavy atom. The van der Waals surface area contributed by atoms with E-state index in [9.17, 15) is 0 Å². The highest BCUT2D eigenvalue weighted by atomic mass is 16.5. The molecule has 0 spiro atoms. The van der Waals surface area contributed by atoms with Crippen LogP contribution in [0.3, 0.4) is 0 Å². The number of rotatable bonds is 5. The van der Waals surface area contributed by atoms with Crippen molar-refractivity contribution < 1.29 is 4.74 Å². The van der Waals surface area contributed by atoms with Crippen molar-refractivity contribution in [3.05, 3.63) is 5.82 Å². The minimum absolute atomic E-state index is 0.0878. The van der Waals surface area contributed by atoms with E-state index in [-0.39, 0.29) is 6.04 Å². The molecule has 5 nitrogen and oxygen atoms in total. The average molecular weight is 212 g/mol. The van der Waals surface area contributed by atoms with Gasteiger partial charge in [-0.05, 0) is 12.8 Å². The van der Waals surface area contributed by atoms with Gasteiger partial charge < -0.3 is 10.5 Å². The van der Waals surface area contributed by atoms with Crippen molar-refractivity contribution in [2.45, 2.75) is 39.8 Å². The molecule has 0 amide bonds. The summed E-state index contributed by atoms with van der Waals surface area (Å²) in [6.45, 7) is 7.11. The number of hydrogen-bond acceptors (Lipinski definition) is 4. The topological polar surface area (TPSA) is 66.0 Å². The van der Waals surface area contributed by atoms with Gasteiger partial charge in [-0.3, -0.25) is 4.57 Å². The summed E-state index contributed by atoms with van der Waals surface area (Å²) in [4.78, 5) is 0. The molecule has 0 aliphatic heterocycles. The molecule has 15 heavy (non-hydrogen) atoms. The summed E-state index contributed by atoms with van der Waals surface area (Å²) in [6, 6.07) is 0.657. The zero-order valence-electron chi connectivity index (χ0n) is 9.90. The van der Waals surface area contributed by atoms with Crippen molar-refractivity contribution in [3.63, 3.8) is 0 Å². The minimum atomic E-state index is 0.0878. The molecule has 0 aliphatic carbocycles. The third-order valence-electron chi connectivity index (χ3n) is 2.03. The van der Waals surface area contributed by atoms with E-state index in [4.69, 9.17) is 10.5 Å². The zero-order chi connectivity index (χ0) is 11.4. The molecule has 1 unspecified atom stereocenters. The van der Waals surface area contributed by atoms with Gasteiger partial charge in [-0.2, -0.15) is 0 Å². The van der Waals surface area contributed by atoms with Crippen molar-refractivity contribution >= 4 is 0 Å². The van der Waals surface area contributed by atoms with Gasteiger partial charge in [-0.15, -0.1) is 5.10 Å². The molecule has 0 fully saturated rings. The molecule has 2 N–H and O–H groups in total. The van der Waals surface area contributed by atoms with Crippen LogP contribution in [0.25, 0.3) is 0 Å². The second-order valence-corrected chi connectivity index (χ2v) is 4.29. The maximum Gasteiger partial charge on any atom is 0.316 e. The Morgan fingerprint density at radius 1 is 1.33 bits per heavy atom. The highest BCUT2D eigenvalue weighted by molar-refractivity contribution is 5.02. The van der Waals surface area contributed by atoms with Crippen molar-refractivity contribution in [1.82, 2.24) is 14.8 Å². The molecule has 0 aliphatic rings. The molecule has 5 heteroatoms. The highest BCUT2D eigenvalue weighted by Crippen LogP contribution is 2.13. The highest BCUT2D eigenvalue weighted by Gasteiger charge is 2.14. The van der Waals surface area contributed by atoms with E-state index >= 15 is 0 Å². The number of ether oxygens (including phenoxy) is 1. The smallest absolute Gasteiger partial charge is 0.316 e. The first kappa shape index (κ1) is 12.0. The first-order chi connectivity index (χ1) is 7.04. The van der Waals surface area contributed by atoms with Crippen LogP contribution in [0.4, 0.5) is 0 Å². The molecule has 0 saturated carbocycles. The summed E-state index contributed by atoms with van der Waals surface area (Å²) in [5.74, 6) is 1.43. The molecule has 1 aromatic heterocycles.